The molecular weight excluding hydrogens is 238 g/mol. The Kier molecular flexibility index (Phi) is 4.46. The second kappa shape index (κ2) is 6.09. The number of hydrogen-bond acceptors (Lipinski definition) is 2. The number of likely N-dealkylation sites (N-methyl/N-ethyl adjacent to an activating group) is 1. The van der Waals surface area contributed by atoms with Gasteiger partial charge in [-0.2, -0.15) is 0 Å². The first kappa shape index (κ1) is 13.9. The smallest absolute Gasteiger partial charge is 0.227 e. The fourth-order valence-electron chi connectivity index (χ4n) is 3.00. The molecule has 104 valence electrons. The molecular formula is C16H23NO2. The summed E-state index contributed by atoms with van der Waals surface area (Å²) in [7, 11) is 1.90. The van der Waals surface area contributed by atoms with Gasteiger partial charge in [0.05, 0.1) is 6.42 Å². The van der Waals surface area contributed by atoms with Crippen molar-refractivity contribution in [1.29, 1.82) is 0 Å². The molecule has 0 heterocycles. The van der Waals surface area contributed by atoms with E-state index in [0.29, 0.717) is 17.5 Å². The summed E-state index contributed by atoms with van der Waals surface area (Å²) in [6.45, 7) is 2.23. The number of para-hydroxylation sites is 1. The average molecular weight is 261 g/mol. The van der Waals surface area contributed by atoms with Crippen LogP contribution in [0, 0.1) is 5.92 Å². The normalized spacial score (nSPS) is 23.1. The van der Waals surface area contributed by atoms with E-state index in [2.05, 4.69) is 6.92 Å². The molecule has 2 atom stereocenters. The number of carbonyl (C=O) groups excluding carboxylic acids is 1. The van der Waals surface area contributed by atoms with Gasteiger partial charge in [0, 0.05) is 18.7 Å². The summed E-state index contributed by atoms with van der Waals surface area (Å²) in [6.07, 6.45) is 5.08. The number of rotatable bonds is 3. The number of carbonyl (C=O) groups is 1. The van der Waals surface area contributed by atoms with Crippen molar-refractivity contribution in [2.75, 3.05) is 7.05 Å². The minimum Gasteiger partial charge on any atom is -0.508 e. The lowest BCUT2D eigenvalue weighted by Gasteiger charge is -2.36. The molecule has 19 heavy (non-hydrogen) atoms. The van der Waals surface area contributed by atoms with E-state index in [1.165, 1.54) is 19.3 Å². The van der Waals surface area contributed by atoms with Gasteiger partial charge in [0.25, 0.3) is 0 Å². The number of phenols is 1. The van der Waals surface area contributed by atoms with Gasteiger partial charge in [-0.25, -0.2) is 0 Å². The molecule has 1 saturated carbocycles. The Hall–Kier alpha value is -1.51. The van der Waals surface area contributed by atoms with Crippen LogP contribution in [0.15, 0.2) is 24.3 Å². The van der Waals surface area contributed by atoms with E-state index < -0.39 is 0 Å². The highest BCUT2D eigenvalue weighted by molar-refractivity contribution is 5.79. The molecule has 3 heteroatoms. The van der Waals surface area contributed by atoms with E-state index in [-0.39, 0.29) is 18.1 Å². The first-order valence-electron chi connectivity index (χ1n) is 7.12. The molecule has 0 aliphatic heterocycles. The zero-order valence-electron chi connectivity index (χ0n) is 11.8. The summed E-state index contributed by atoms with van der Waals surface area (Å²) < 4.78 is 0. The average Bonchev–Trinajstić information content (AvgIpc) is 2.41. The van der Waals surface area contributed by atoms with E-state index in [1.807, 2.05) is 24.1 Å². The molecule has 0 radical (unpaired) electrons. The molecule has 1 aliphatic rings. The summed E-state index contributed by atoms with van der Waals surface area (Å²) >= 11 is 0. The van der Waals surface area contributed by atoms with Gasteiger partial charge in [0.2, 0.25) is 5.91 Å². The highest BCUT2D eigenvalue weighted by atomic mass is 16.3. The standard InChI is InChI=1S/C16H23NO2/c1-12-7-3-5-9-14(12)17(2)16(19)11-13-8-4-6-10-15(13)18/h4,6,8,10,12,14,18H,3,5,7,9,11H2,1-2H3. The Labute approximate surface area is 115 Å². The molecule has 3 nitrogen and oxygen atoms in total. The van der Waals surface area contributed by atoms with Crippen molar-refractivity contribution in [2.45, 2.75) is 45.1 Å². The van der Waals surface area contributed by atoms with Gasteiger partial charge in [-0.15, -0.1) is 0 Å². The lowest BCUT2D eigenvalue weighted by molar-refractivity contribution is -0.132. The van der Waals surface area contributed by atoms with Crippen LogP contribution in [0.1, 0.15) is 38.2 Å². The fourth-order valence-corrected chi connectivity index (χ4v) is 3.00. The molecule has 1 N–H and O–H groups in total. The Bertz CT molecular complexity index is 444. The molecule has 1 fully saturated rings. The van der Waals surface area contributed by atoms with Gasteiger partial charge in [-0.05, 0) is 24.8 Å². The van der Waals surface area contributed by atoms with Gasteiger partial charge in [-0.3, -0.25) is 4.79 Å². The zero-order chi connectivity index (χ0) is 13.8. The van der Waals surface area contributed by atoms with E-state index in [4.69, 9.17) is 0 Å². The second-order valence-corrected chi connectivity index (χ2v) is 5.64. The van der Waals surface area contributed by atoms with Crippen LogP contribution in [0.2, 0.25) is 0 Å². The van der Waals surface area contributed by atoms with Gasteiger partial charge in [0.1, 0.15) is 5.75 Å². The number of hydrogen-bond donors (Lipinski definition) is 1. The number of nitrogens with zero attached hydrogens (tertiary/aromatic N) is 1. The van der Waals surface area contributed by atoms with Crippen molar-refractivity contribution in [3.05, 3.63) is 29.8 Å². The first-order chi connectivity index (χ1) is 9.09. The number of aromatic hydroxyl groups is 1. The summed E-state index contributed by atoms with van der Waals surface area (Å²) in [5.41, 5.74) is 0.711. The first-order valence-corrected chi connectivity index (χ1v) is 7.12. The van der Waals surface area contributed by atoms with Crippen LogP contribution in [0.3, 0.4) is 0 Å². The SMILES string of the molecule is CC1CCCCC1N(C)C(=O)Cc1ccccc1O. The highest BCUT2D eigenvalue weighted by Gasteiger charge is 2.27. The third-order valence-corrected chi connectivity index (χ3v) is 4.29. The van der Waals surface area contributed by atoms with Crippen molar-refractivity contribution in [3.63, 3.8) is 0 Å². The number of benzene rings is 1. The van der Waals surface area contributed by atoms with Crippen LogP contribution in [-0.4, -0.2) is 29.0 Å². The third kappa shape index (κ3) is 3.28. The molecule has 1 aromatic rings. The molecule has 2 rings (SSSR count). The largest absolute Gasteiger partial charge is 0.508 e. The van der Waals surface area contributed by atoms with Crippen LogP contribution in [0.4, 0.5) is 0 Å². The van der Waals surface area contributed by atoms with Crippen molar-refractivity contribution in [1.82, 2.24) is 4.90 Å². The molecule has 1 aromatic carbocycles. The van der Waals surface area contributed by atoms with Crippen LogP contribution < -0.4 is 0 Å². The third-order valence-electron chi connectivity index (χ3n) is 4.29. The van der Waals surface area contributed by atoms with Crippen LogP contribution in [0.5, 0.6) is 5.75 Å². The summed E-state index contributed by atoms with van der Waals surface area (Å²) in [4.78, 5) is 14.2. The molecule has 2 unspecified atom stereocenters. The quantitative estimate of drug-likeness (QED) is 0.908. The van der Waals surface area contributed by atoms with Crippen LogP contribution >= 0.6 is 0 Å². The maximum absolute atomic E-state index is 12.3. The Morgan fingerprint density at radius 3 is 2.68 bits per heavy atom. The number of amides is 1. The Morgan fingerprint density at radius 1 is 1.32 bits per heavy atom. The van der Waals surface area contributed by atoms with Crippen LogP contribution in [0.25, 0.3) is 0 Å². The summed E-state index contributed by atoms with van der Waals surface area (Å²) in [5.74, 6) is 0.883. The minimum absolute atomic E-state index is 0.0975. The predicted molar refractivity (Wildman–Crippen MR) is 76.0 cm³/mol. The molecule has 0 saturated heterocycles. The van der Waals surface area contributed by atoms with Crippen molar-refractivity contribution in [2.24, 2.45) is 5.92 Å². The molecule has 0 spiro atoms. The second-order valence-electron chi connectivity index (χ2n) is 5.64. The van der Waals surface area contributed by atoms with Gasteiger partial charge < -0.3 is 10.0 Å². The van der Waals surface area contributed by atoms with E-state index in [9.17, 15) is 9.90 Å². The molecule has 1 amide bonds. The predicted octanol–water partition coefficient (Wildman–Crippen LogP) is 2.97. The summed E-state index contributed by atoms with van der Waals surface area (Å²) in [6, 6.07) is 7.42. The maximum Gasteiger partial charge on any atom is 0.227 e. The lowest BCUT2D eigenvalue weighted by atomic mass is 9.85. The highest BCUT2D eigenvalue weighted by Crippen LogP contribution is 2.28. The molecule has 1 aliphatic carbocycles. The zero-order valence-corrected chi connectivity index (χ0v) is 11.8. The van der Waals surface area contributed by atoms with Gasteiger partial charge in [-0.1, -0.05) is 38.0 Å². The minimum atomic E-state index is 0.0975. The Morgan fingerprint density at radius 2 is 2.00 bits per heavy atom. The monoisotopic (exact) mass is 261 g/mol. The van der Waals surface area contributed by atoms with E-state index in [0.717, 1.165) is 6.42 Å². The van der Waals surface area contributed by atoms with Crippen LogP contribution in [-0.2, 0) is 11.2 Å². The van der Waals surface area contributed by atoms with E-state index in [1.54, 1.807) is 12.1 Å². The van der Waals surface area contributed by atoms with Crippen molar-refractivity contribution < 1.29 is 9.90 Å². The van der Waals surface area contributed by atoms with Crippen molar-refractivity contribution >= 4 is 5.91 Å². The molecule has 0 aromatic heterocycles. The van der Waals surface area contributed by atoms with Crippen molar-refractivity contribution in [3.8, 4) is 5.75 Å². The molecule has 0 bridgehead atoms. The maximum atomic E-state index is 12.3. The lowest BCUT2D eigenvalue weighted by Crippen LogP contribution is -2.43. The topological polar surface area (TPSA) is 40.5 Å². The fraction of sp³-hybridized carbons (Fsp3) is 0.562. The number of phenolic OH excluding ortho intramolecular Hbond substituents is 1. The van der Waals surface area contributed by atoms with E-state index >= 15 is 0 Å². The van der Waals surface area contributed by atoms with Gasteiger partial charge >= 0.3 is 0 Å². The van der Waals surface area contributed by atoms with Gasteiger partial charge in [0.15, 0.2) is 0 Å². The summed E-state index contributed by atoms with van der Waals surface area (Å²) in [5, 5.41) is 9.73. The Balaban J connectivity index is 2.01.